The van der Waals surface area contributed by atoms with Gasteiger partial charge in [-0.2, -0.15) is 5.26 Å². The van der Waals surface area contributed by atoms with E-state index in [1.807, 2.05) is 23.6 Å². The maximum absolute atomic E-state index is 12.0. The van der Waals surface area contributed by atoms with Gasteiger partial charge in [0.15, 0.2) is 0 Å². The Labute approximate surface area is 126 Å². The Balaban J connectivity index is 1.49. The van der Waals surface area contributed by atoms with Crippen molar-refractivity contribution in [3.05, 3.63) is 46.3 Å². The SMILES string of the molecule is N#Cc1ccnc(OC2CN(C(=O)Cc3cccs3)C2)c1. The average Bonchev–Trinajstić information content (AvgIpc) is 2.95. The smallest absolute Gasteiger partial charge is 0.228 e. The molecule has 1 aliphatic rings. The van der Waals surface area contributed by atoms with Crippen molar-refractivity contribution in [2.45, 2.75) is 12.5 Å². The first-order valence-electron chi connectivity index (χ1n) is 6.57. The lowest BCUT2D eigenvalue weighted by atomic mass is 10.1. The minimum atomic E-state index is -0.0428. The number of amides is 1. The van der Waals surface area contributed by atoms with Crippen LogP contribution in [0.4, 0.5) is 0 Å². The van der Waals surface area contributed by atoms with Crippen LogP contribution in [0.25, 0.3) is 0 Å². The second kappa shape index (κ2) is 5.94. The maximum atomic E-state index is 12.0. The summed E-state index contributed by atoms with van der Waals surface area (Å²) < 4.78 is 5.65. The van der Waals surface area contributed by atoms with Gasteiger partial charge in [-0.05, 0) is 17.5 Å². The molecule has 0 spiro atoms. The van der Waals surface area contributed by atoms with Gasteiger partial charge < -0.3 is 9.64 Å². The Hall–Kier alpha value is -2.39. The summed E-state index contributed by atoms with van der Waals surface area (Å²) in [5.41, 5.74) is 0.518. The van der Waals surface area contributed by atoms with E-state index in [0.717, 1.165) is 4.88 Å². The molecular formula is C15H13N3O2S. The summed E-state index contributed by atoms with van der Waals surface area (Å²) >= 11 is 1.59. The number of hydrogen-bond donors (Lipinski definition) is 0. The van der Waals surface area contributed by atoms with E-state index in [9.17, 15) is 4.79 Å². The number of rotatable bonds is 4. The van der Waals surface area contributed by atoms with E-state index in [-0.39, 0.29) is 12.0 Å². The quantitative estimate of drug-likeness (QED) is 0.864. The van der Waals surface area contributed by atoms with Gasteiger partial charge in [0.2, 0.25) is 11.8 Å². The zero-order valence-corrected chi connectivity index (χ0v) is 12.0. The van der Waals surface area contributed by atoms with E-state index in [1.165, 1.54) is 0 Å². The molecule has 106 valence electrons. The molecule has 2 aromatic heterocycles. The molecule has 0 radical (unpaired) electrons. The van der Waals surface area contributed by atoms with Gasteiger partial charge >= 0.3 is 0 Å². The molecule has 5 nitrogen and oxygen atoms in total. The van der Waals surface area contributed by atoms with Gasteiger partial charge in [0.05, 0.1) is 31.1 Å². The Morgan fingerprint density at radius 1 is 1.52 bits per heavy atom. The molecule has 0 aliphatic carbocycles. The van der Waals surface area contributed by atoms with E-state index in [2.05, 4.69) is 4.98 Å². The summed E-state index contributed by atoms with van der Waals surface area (Å²) in [4.78, 5) is 18.9. The molecule has 1 saturated heterocycles. The number of hydrogen-bond acceptors (Lipinski definition) is 5. The van der Waals surface area contributed by atoms with Crippen LogP contribution in [0.15, 0.2) is 35.8 Å². The van der Waals surface area contributed by atoms with E-state index >= 15 is 0 Å². The van der Waals surface area contributed by atoms with Crippen molar-refractivity contribution in [2.75, 3.05) is 13.1 Å². The second-order valence-electron chi connectivity index (χ2n) is 4.79. The highest BCUT2D eigenvalue weighted by molar-refractivity contribution is 7.10. The first-order chi connectivity index (χ1) is 10.2. The standard InChI is InChI=1S/C15H13N3O2S/c16-8-11-3-4-17-14(6-11)20-12-9-18(10-12)15(19)7-13-2-1-5-21-13/h1-6,12H,7,9-10H2. The van der Waals surface area contributed by atoms with Crippen LogP contribution in [0.5, 0.6) is 5.88 Å². The van der Waals surface area contributed by atoms with Crippen LogP contribution in [0.3, 0.4) is 0 Å². The van der Waals surface area contributed by atoms with Gasteiger partial charge in [-0.25, -0.2) is 4.98 Å². The topological polar surface area (TPSA) is 66.2 Å². The number of carbonyl (C=O) groups is 1. The largest absolute Gasteiger partial charge is 0.471 e. The molecule has 21 heavy (non-hydrogen) atoms. The fourth-order valence-corrected chi connectivity index (χ4v) is 2.80. The molecule has 1 amide bonds. The first-order valence-corrected chi connectivity index (χ1v) is 7.45. The summed E-state index contributed by atoms with van der Waals surface area (Å²) in [7, 11) is 0. The number of likely N-dealkylation sites (tertiary alicyclic amines) is 1. The summed E-state index contributed by atoms with van der Waals surface area (Å²) in [6, 6.07) is 9.20. The minimum Gasteiger partial charge on any atom is -0.471 e. The van der Waals surface area contributed by atoms with Crippen molar-refractivity contribution in [2.24, 2.45) is 0 Å². The van der Waals surface area contributed by atoms with Gasteiger partial charge in [0.1, 0.15) is 6.10 Å². The fourth-order valence-electron chi connectivity index (χ4n) is 2.10. The summed E-state index contributed by atoms with van der Waals surface area (Å²) in [5.74, 6) is 0.556. The van der Waals surface area contributed by atoms with Gasteiger partial charge in [0.25, 0.3) is 0 Å². The minimum absolute atomic E-state index is 0.0428. The zero-order chi connectivity index (χ0) is 14.7. The van der Waals surface area contributed by atoms with Crippen molar-refractivity contribution in [3.63, 3.8) is 0 Å². The lowest BCUT2D eigenvalue weighted by Crippen LogP contribution is -2.56. The molecule has 1 aliphatic heterocycles. The normalized spacial score (nSPS) is 14.3. The second-order valence-corrected chi connectivity index (χ2v) is 5.82. The molecule has 0 aromatic carbocycles. The van der Waals surface area contributed by atoms with Crippen LogP contribution in [0.2, 0.25) is 0 Å². The van der Waals surface area contributed by atoms with Gasteiger partial charge in [-0.1, -0.05) is 6.07 Å². The van der Waals surface area contributed by atoms with Gasteiger partial charge in [-0.15, -0.1) is 11.3 Å². The van der Waals surface area contributed by atoms with E-state index in [4.69, 9.17) is 10.00 Å². The Bertz CT molecular complexity index is 672. The highest BCUT2D eigenvalue weighted by Crippen LogP contribution is 2.19. The third-order valence-corrected chi connectivity index (χ3v) is 4.13. The predicted molar refractivity (Wildman–Crippen MR) is 78.0 cm³/mol. The molecular weight excluding hydrogens is 286 g/mol. The number of thiophene rings is 1. The van der Waals surface area contributed by atoms with Crippen molar-refractivity contribution >= 4 is 17.2 Å². The third-order valence-electron chi connectivity index (χ3n) is 3.26. The van der Waals surface area contributed by atoms with Crippen molar-refractivity contribution in [1.29, 1.82) is 5.26 Å². The average molecular weight is 299 g/mol. The molecule has 0 atom stereocenters. The molecule has 1 fully saturated rings. The number of nitrogens with zero attached hydrogens (tertiary/aromatic N) is 3. The highest BCUT2D eigenvalue weighted by Gasteiger charge is 2.32. The third kappa shape index (κ3) is 3.20. The Kier molecular flexibility index (Phi) is 3.84. The highest BCUT2D eigenvalue weighted by atomic mass is 32.1. The molecule has 6 heteroatoms. The van der Waals surface area contributed by atoms with Crippen LogP contribution < -0.4 is 4.74 Å². The van der Waals surface area contributed by atoms with Crippen LogP contribution in [0, 0.1) is 11.3 Å². The van der Waals surface area contributed by atoms with E-state index in [1.54, 1.807) is 34.6 Å². The van der Waals surface area contributed by atoms with Crippen molar-refractivity contribution in [3.8, 4) is 11.9 Å². The molecule has 2 aromatic rings. The molecule has 0 saturated carbocycles. The lowest BCUT2D eigenvalue weighted by molar-refractivity contribution is -0.139. The number of aromatic nitrogens is 1. The number of ether oxygens (including phenoxy) is 1. The number of nitriles is 1. The molecule has 3 rings (SSSR count). The van der Waals surface area contributed by atoms with Gasteiger partial charge in [0, 0.05) is 17.1 Å². The maximum Gasteiger partial charge on any atom is 0.228 e. The molecule has 0 N–H and O–H groups in total. The van der Waals surface area contributed by atoms with Crippen LogP contribution in [-0.4, -0.2) is 35.0 Å². The van der Waals surface area contributed by atoms with E-state index < -0.39 is 0 Å². The summed E-state index contributed by atoms with van der Waals surface area (Å²) in [6.07, 6.45) is 1.96. The molecule has 0 bridgehead atoms. The van der Waals surface area contributed by atoms with Crippen LogP contribution >= 0.6 is 11.3 Å². The summed E-state index contributed by atoms with van der Waals surface area (Å²) in [5, 5.41) is 10.8. The fraction of sp³-hybridized carbons (Fsp3) is 0.267. The molecule has 0 unspecified atom stereocenters. The van der Waals surface area contributed by atoms with Crippen molar-refractivity contribution in [1.82, 2.24) is 9.88 Å². The Morgan fingerprint density at radius 3 is 3.10 bits per heavy atom. The van der Waals surface area contributed by atoms with E-state index in [0.29, 0.717) is 31.0 Å². The Morgan fingerprint density at radius 2 is 2.38 bits per heavy atom. The van der Waals surface area contributed by atoms with Crippen LogP contribution in [-0.2, 0) is 11.2 Å². The zero-order valence-electron chi connectivity index (χ0n) is 11.2. The first kappa shape index (κ1) is 13.6. The van der Waals surface area contributed by atoms with Crippen LogP contribution in [0.1, 0.15) is 10.4 Å². The lowest BCUT2D eigenvalue weighted by Gasteiger charge is -2.38. The number of carbonyl (C=O) groups excluding carboxylic acids is 1. The van der Waals surface area contributed by atoms with Gasteiger partial charge in [-0.3, -0.25) is 4.79 Å². The number of pyridine rings is 1. The van der Waals surface area contributed by atoms with Crippen molar-refractivity contribution < 1.29 is 9.53 Å². The molecule has 3 heterocycles. The summed E-state index contributed by atoms with van der Waals surface area (Å²) in [6.45, 7) is 1.14. The monoisotopic (exact) mass is 299 g/mol. The predicted octanol–water partition coefficient (Wildman–Crippen LogP) is 1.85.